The number of esters is 4. The molecule has 23 nitrogen and oxygen atoms in total. The van der Waals surface area contributed by atoms with Crippen molar-refractivity contribution in [2.45, 2.75) is 27.7 Å². The Morgan fingerprint density at radius 2 is 0.638 bits per heavy atom. The maximum absolute atomic E-state index is 11.0. The fourth-order valence-corrected chi connectivity index (χ4v) is 1.71. The molecule has 6 amide bonds. The summed E-state index contributed by atoms with van der Waals surface area (Å²) in [5.41, 5.74) is 13.8. The molecule has 0 atom stereocenters. The molecule has 0 aromatic carbocycles. The number of carbonyl (C=O) groups is 10. The molecule has 0 aliphatic rings. The molecule has 0 aliphatic carbocycles. The van der Waals surface area contributed by atoms with Crippen molar-refractivity contribution >= 4 is 59.3 Å². The van der Waals surface area contributed by atoms with Gasteiger partial charge >= 0.3 is 59.3 Å². The minimum absolute atomic E-state index is 0.0709. The second-order valence-electron chi connectivity index (χ2n) is 6.65. The molecule has 272 valence electrons. The van der Waals surface area contributed by atoms with Crippen LogP contribution in [-0.4, -0.2) is 127 Å². The fraction of sp³-hybridized carbons (Fsp3) is 0.583. The number of nitrogens with two attached hydrogens (primary N) is 3. The van der Waals surface area contributed by atoms with Gasteiger partial charge in [0.05, 0.1) is 39.8 Å². The molecule has 47 heavy (non-hydrogen) atoms. The van der Waals surface area contributed by atoms with Crippen LogP contribution >= 0.6 is 0 Å². The Labute approximate surface area is 271 Å². The number of ether oxygens (including phenoxy) is 4. The van der Waals surface area contributed by atoms with E-state index in [0.29, 0.717) is 0 Å². The molecule has 0 radical (unpaired) electrons. The first-order chi connectivity index (χ1) is 22.2. The van der Waals surface area contributed by atoms with Crippen LogP contribution in [0.3, 0.4) is 0 Å². The molecule has 0 spiro atoms. The van der Waals surface area contributed by atoms with Crippen molar-refractivity contribution in [2.24, 2.45) is 17.2 Å². The molecule has 0 heterocycles. The van der Waals surface area contributed by atoms with E-state index >= 15 is 0 Å². The van der Waals surface area contributed by atoms with E-state index in [0.717, 1.165) is 0 Å². The van der Waals surface area contributed by atoms with E-state index in [9.17, 15) is 47.9 Å². The van der Waals surface area contributed by atoms with E-state index in [1.54, 1.807) is 27.7 Å². The van der Waals surface area contributed by atoms with Crippen LogP contribution in [0.15, 0.2) is 0 Å². The molecule has 0 aromatic heterocycles. The zero-order chi connectivity index (χ0) is 37.8. The molecule has 0 unspecified atom stereocenters. The Hall–Kier alpha value is -5.42. The summed E-state index contributed by atoms with van der Waals surface area (Å²) in [7, 11) is 4.09. The van der Waals surface area contributed by atoms with E-state index in [-0.39, 0.29) is 46.4 Å². The molecule has 23 heteroatoms. The fourth-order valence-electron chi connectivity index (χ4n) is 1.71. The predicted octanol–water partition coefficient (Wildman–Crippen LogP) is -6.48. The van der Waals surface area contributed by atoms with Crippen LogP contribution in [0.5, 0.6) is 0 Å². The molecule has 0 aromatic rings. The third-order valence-corrected chi connectivity index (χ3v) is 3.50. The van der Waals surface area contributed by atoms with Crippen molar-refractivity contribution in [1.82, 2.24) is 31.9 Å². The highest BCUT2D eigenvalue weighted by atomic mass is 16.6. The Bertz CT molecular complexity index is 920. The van der Waals surface area contributed by atoms with Gasteiger partial charge in [0.25, 0.3) is 0 Å². The van der Waals surface area contributed by atoms with E-state index < -0.39 is 59.3 Å². The highest BCUT2D eigenvalue weighted by Gasteiger charge is 2.17. The summed E-state index contributed by atoms with van der Waals surface area (Å²) < 4.78 is 17.5. The molecular formula is C24H47N9O14. The van der Waals surface area contributed by atoms with Crippen molar-refractivity contribution < 1.29 is 66.9 Å². The lowest BCUT2D eigenvalue weighted by atomic mass is 10.5. The second kappa shape index (κ2) is 36.8. The van der Waals surface area contributed by atoms with E-state index in [2.05, 4.69) is 57.4 Å². The molecule has 0 bridgehead atoms. The first-order valence-electron chi connectivity index (χ1n) is 13.4. The van der Waals surface area contributed by atoms with Crippen molar-refractivity contribution in [3.63, 3.8) is 0 Å². The molecule has 0 saturated carbocycles. The zero-order valence-electron chi connectivity index (χ0n) is 27.4. The van der Waals surface area contributed by atoms with Crippen molar-refractivity contribution in [3.8, 4) is 0 Å². The van der Waals surface area contributed by atoms with Crippen molar-refractivity contribution in [3.05, 3.63) is 0 Å². The quantitative estimate of drug-likeness (QED) is 0.0496. The van der Waals surface area contributed by atoms with Gasteiger partial charge in [-0.25, -0.2) is 19.2 Å². The number of amides is 6. The number of hydrogen-bond donors (Lipinski definition) is 9. The summed E-state index contributed by atoms with van der Waals surface area (Å²) >= 11 is 0. The lowest BCUT2D eigenvalue weighted by molar-refractivity contribution is -0.167. The highest BCUT2D eigenvalue weighted by molar-refractivity contribution is 6.36. The van der Waals surface area contributed by atoms with Crippen LogP contribution in [0.2, 0.25) is 0 Å². The predicted molar refractivity (Wildman–Crippen MR) is 160 cm³/mol. The van der Waals surface area contributed by atoms with Crippen LogP contribution in [-0.2, 0) is 66.9 Å². The molecule has 12 N–H and O–H groups in total. The SMILES string of the molecule is CCOC(=O)C(=O)NCNC(=O)C(=O)OCC.CCOC(=O)C(=O)OCC.CN.CNC(=O)C(=O)NCNC(=O)C(=O)NC.NCN. The number of likely N-dealkylation sites (N-methyl/N-ethyl adjacent to an activating group) is 2. The van der Waals surface area contributed by atoms with Gasteiger partial charge in [0.1, 0.15) is 0 Å². The van der Waals surface area contributed by atoms with Crippen LogP contribution in [0.4, 0.5) is 0 Å². The number of carbonyl (C=O) groups excluding carboxylic acids is 10. The average molecular weight is 686 g/mol. The van der Waals surface area contributed by atoms with Crippen LogP contribution in [0, 0.1) is 0 Å². The monoisotopic (exact) mass is 685 g/mol. The van der Waals surface area contributed by atoms with Gasteiger partial charge in [0, 0.05) is 20.8 Å². The summed E-state index contributed by atoms with van der Waals surface area (Å²) in [4.78, 5) is 107. The smallest absolute Gasteiger partial charge is 0.417 e. The molecule has 0 aliphatic heterocycles. The first-order valence-corrected chi connectivity index (χ1v) is 13.4. The largest absolute Gasteiger partial charge is 0.459 e. The summed E-state index contributed by atoms with van der Waals surface area (Å²) in [6.07, 6.45) is 0. The lowest BCUT2D eigenvalue weighted by Crippen LogP contribution is -2.47. The van der Waals surface area contributed by atoms with E-state index in [4.69, 9.17) is 0 Å². The summed E-state index contributed by atoms with van der Waals surface area (Å²) in [6.45, 7) is 6.46. The average Bonchev–Trinajstić information content (AvgIpc) is 3.05. The molecule has 0 saturated heterocycles. The van der Waals surface area contributed by atoms with Gasteiger partial charge in [-0.2, -0.15) is 0 Å². The van der Waals surface area contributed by atoms with Gasteiger partial charge in [0.2, 0.25) is 0 Å². The van der Waals surface area contributed by atoms with Crippen LogP contribution < -0.4 is 49.1 Å². The number of hydrogen-bond acceptors (Lipinski definition) is 17. The van der Waals surface area contributed by atoms with Gasteiger partial charge < -0.3 is 68.0 Å². The zero-order valence-corrected chi connectivity index (χ0v) is 27.4. The van der Waals surface area contributed by atoms with Gasteiger partial charge in [-0.15, -0.1) is 0 Å². The third-order valence-electron chi connectivity index (χ3n) is 3.50. The normalized spacial score (nSPS) is 8.38. The molecular weight excluding hydrogens is 638 g/mol. The van der Waals surface area contributed by atoms with Gasteiger partial charge in [-0.1, -0.05) is 0 Å². The van der Waals surface area contributed by atoms with Crippen molar-refractivity contribution in [2.75, 3.05) is 67.6 Å². The van der Waals surface area contributed by atoms with Crippen LogP contribution in [0.25, 0.3) is 0 Å². The summed E-state index contributed by atoms with van der Waals surface area (Å²) in [5, 5.41) is 12.4. The second-order valence-corrected chi connectivity index (χ2v) is 6.65. The van der Waals surface area contributed by atoms with E-state index in [1.807, 2.05) is 10.6 Å². The van der Waals surface area contributed by atoms with Gasteiger partial charge in [-0.05, 0) is 34.7 Å². The number of nitrogens with one attached hydrogen (secondary N) is 6. The molecule has 0 rings (SSSR count). The lowest BCUT2D eigenvalue weighted by Gasteiger charge is -2.06. The Kier molecular flexibility index (Phi) is 40.0. The van der Waals surface area contributed by atoms with Crippen molar-refractivity contribution in [1.29, 1.82) is 0 Å². The van der Waals surface area contributed by atoms with Crippen LogP contribution in [0.1, 0.15) is 27.7 Å². The molecule has 0 fully saturated rings. The Balaban J connectivity index is -0.000000179. The van der Waals surface area contributed by atoms with Gasteiger partial charge in [-0.3, -0.25) is 28.8 Å². The third kappa shape index (κ3) is 33.3. The summed E-state index contributed by atoms with van der Waals surface area (Å²) in [6, 6.07) is 0. The summed E-state index contributed by atoms with van der Waals surface area (Å²) in [5.74, 6) is -9.42. The minimum Gasteiger partial charge on any atom is -0.459 e. The standard InChI is InChI=1S/C9H14N2O6.C7H12N4O4.C6H10O4.CH6N2.CH5N/c1-3-16-8(14)6(12)10-5-11-7(13)9(15)17-4-2;1-8-4(12)6(14)10-3-11-7(15)5(13)9-2;1-3-9-5(7)6(8)10-4-2;2-1-3;1-2/h3-5H2,1-2H3,(H,10,12)(H,11,13);3H2,1-2H3,(H,8,12)(H,9,13)(H,10,14)(H,11,15);3-4H2,1-2H3;1-3H2;2H2,1H3. The Morgan fingerprint density at radius 1 is 0.426 bits per heavy atom. The highest BCUT2D eigenvalue weighted by Crippen LogP contribution is 1.83. The number of rotatable bonds is 8. The van der Waals surface area contributed by atoms with E-state index in [1.165, 1.54) is 21.1 Å². The van der Waals surface area contributed by atoms with Gasteiger partial charge in [0.15, 0.2) is 0 Å². The maximum Gasteiger partial charge on any atom is 0.417 e. The first kappa shape index (κ1) is 51.2. The Morgan fingerprint density at radius 3 is 0.851 bits per heavy atom. The maximum atomic E-state index is 11.0. The minimum atomic E-state index is -1.06. The topological polar surface area (TPSA) is 358 Å².